The zero-order valence-electron chi connectivity index (χ0n) is 17.9. The Morgan fingerprint density at radius 1 is 0.731 bits per heavy atom. The Labute approximate surface area is 212 Å². The van der Waals surface area contributed by atoms with E-state index in [9.17, 15) is 8.42 Å². The van der Waals surface area contributed by atoms with Crippen LogP contribution in [-0.4, -0.2) is 15.0 Å². The molecule has 3 nitrogen and oxygen atoms in total. The molecule has 0 N–H and O–H groups in total. The van der Waals surface area contributed by atoms with Crippen molar-refractivity contribution in [2.75, 3.05) is 6.61 Å². The minimum Gasteiger partial charge on any atom is -1.00 e. The molecule has 26 heavy (non-hydrogen) atoms. The van der Waals surface area contributed by atoms with Crippen molar-refractivity contribution in [3.8, 4) is 0 Å². The molecule has 0 atom stereocenters. The number of hydrogen-bond donors (Lipinski definition) is 0. The largest absolute Gasteiger partial charge is 1.00 e. The van der Waals surface area contributed by atoms with Crippen LogP contribution in [0.15, 0.2) is 35.2 Å². The normalized spacial score (nSPS) is 11.3. The van der Waals surface area contributed by atoms with Crippen LogP contribution in [0, 0.1) is 0 Å². The molecule has 0 unspecified atom stereocenters. The van der Waals surface area contributed by atoms with Crippen LogP contribution in [0.1, 0.15) is 91.8 Å². The van der Waals surface area contributed by atoms with Crippen molar-refractivity contribution in [1.82, 2.24) is 0 Å². The summed E-state index contributed by atoms with van der Waals surface area (Å²) in [7, 11) is -3.58. The van der Waals surface area contributed by atoms with Gasteiger partial charge in [0.1, 0.15) is 0 Å². The fourth-order valence-electron chi connectivity index (χ4n) is 2.94. The Morgan fingerprint density at radius 2 is 1.15 bits per heavy atom. The monoisotopic (exact) mass is 454 g/mol. The molecule has 0 aliphatic carbocycles. The first-order valence-electron chi connectivity index (χ1n) is 10.1. The van der Waals surface area contributed by atoms with Gasteiger partial charge in [0.2, 0.25) is 0 Å². The smallest absolute Gasteiger partial charge is 1.00 e. The Balaban J connectivity index is 0. The van der Waals surface area contributed by atoms with E-state index < -0.39 is 10.1 Å². The van der Waals surface area contributed by atoms with Gasteiger partial charge in [0.25, 0.3) is 10.1 Å². The average molecular weight is 455 g/mol. The van der Waals surface area contributed by atoms with Crippen molar-refractivity contribution in [3.63, 3.8) is 0 Å². The molecule has 0 aliphatic rings. The maximum absolute atomic E-state index is 11.9. The van der Waals surface area contributed by atoms with Gasteiger partial charge in [-0.2, -0.15) is 8.42 Å². The molecule has 0 radical (unpaired) electrons. The molecule has 146 valence electrons. The van der Waals surface area contributed by atoms with Gasteiger partial charge < -0.3 is 1.43 Å². The summed E-state index contributed by atoms with van der Waals surface area (Å²) >= 11 is 0. The van der Waals surface area contributed by atoms with Crippen molar-refractivity contribution in [3.05, 3.63) is 30.3 Å². The second-order valence-electron chi connectivity index (χ2n) is 6.83. The second-order valence-corrected chi connectivity index (χ2v) is 8.45. The Morgan fingerprint density at radius 3 is 1.62 bits per heavy atom. The topological polar surface area (TPSA) is 43.4 Å². The van der Waals surface area contributed by atoms with E-state index in [4.69, 9.17) is 4.18 Å². The van der Waals surface area contributed by atoms with E-state index in [2.05, 4.69) is 6.92 Å². The first-order chi connectivity index (χ1) is 12.2. The van der Waals surface area contributed by atoms with Gasteiger partial charge in [0.15, 0.2) is 0 Å². The third-order valence-corrected chi connectivity index (χ3v) is 5.84. The van der Waals surface area contributed by atoms with Crippen molar-refractivity contribution >= 4 is 10.1 Å². The Bertz CT molecular complexity index is 523. The summed E-state index contributed by atoms with van der Waals surface area (Å²) in [6.07, 6.45) is 16.6. The molecule has 0 bridgehead atoms. The van der Waals surface area contributed by atoms with Crippen molar-refractivity contribution in [1.29, 1.82) is 0 Å². The van der Waals surface area contributed by atoms with Crippen LogP contribution in [0.4, 0.5) is 0 Å². The first kappa shape index (κ1) is 26.9. The van der Waals surface area contributed by atoms with Crippen molar-refractivity contribution in [2.24, 2.45) is 0 Å². The fraction of sp³-hybridized carbons (Fsp3) is 0.714. The maximum atomic E-state index is 11.9. The second kappa shape index (κ2) is 18.0. The minimum absolute atomic E-state index is 0. The SMILES string of the molecule is CCCCCCCCCCCCCCCOS(=O)(=O)c1ccccc1.[H-].[Rb+]. The summed E-state index contributed by atoms with van der Waals surface area (Å²) in [6, 6.07) is 8.35. The number of rotatable bonds is 16. The van der Waals surface area contributed by atoms with E-state index in [1.807, 2.05) is 0 Å². The molecule has 1 aromatic carbocycles. The van der Waals surface area contributed by atoms with E-state index in [0.717, 1.165) is 12.8 Å². The van der Waals surface area contributed by atoms with Gasteiger partial charge >= 0.3 is 58.2 Å². The van der Waals surface area contributed by atoms with Crippen molar-refractivity contribution < 1.29 is 72.2 Å². The summed E-state index contributed by atoms with van der Waals surface area (Å²) < 4.78 is 28.9. The van der Waals surface area contributed by atoms with E-state index in [1.54, 1.807) is 30.3 Å². The molecule has 0 amide bonds. The quantitative estimate of drug-likeness (QED) is 0.283. The van der Waals surface area contributed by atoms with Crippen LogP contribution in [0.25, 0.3) is 0 Å². The van der Waals surface area contributed by atoms with E-state index in [0.29, 0.717) is 0 Å². The summed E-state index contributed by atoms with van der Waals surface area (Å²) in [5, 5.41) is 0. The first-order valence-corrected chi connectivity index (χ1v) is 11.5. The minimum atomic E-state index is -3.58. The number of hydrogen-bond acceptors (Lipinski definition) is 3. The van der Waals surface area contributed by atoms with Crippen LogP contribution < -0.4 is 58.2 Å². The standard InChI is InChI=1S/C21H36O3S.Rb.H/c1-2-3-4-5-6-7-8-9-10-11-12-13-17-20-24-25(22,23)21-18-15-14-16-19-21;;/h14-16,18-19H,2-13,17,20H2,1H3;;/q;+1;-1. The molecule has 0 fully saturated rings. The predicted octanol–water partition coefficient (Wildman–Crippen LogP) is 3.60. The summed E-state index contributed by atoms with van der Waals surface area (Å²) in [5.74, 6) is 0. The van der Waals surface area contributed by atoms with Gasteiger partial charge in [-0.05, 0) is 18.6 Å². The van der Waals surface area contributed by atoms with Crippen LogP contribution in [0.3, 0.4) is 0 Å². The summed E-state index contributed by atoms with van der Waals surface area (Å²) in [4.78, 5) is 0.240. The third kappa shape index (κ3) is 14.0. The van der Waals surface area contributed by atoms with Gasteiger partial charge in [-0.1, -0.05) is 102 Å². The average Bonchev–Trinajstić information content (AvgIpc) is 2.63. The Kier molecular flexibility index (Phi) is 18.6. The zero-order chi connectivity index (χ0) is 18.2. The molecule has 1 rings (SSSR count). The van der Waals surface area contributed by atoms with Gasteiger partial charge in [-0.15, -0.1) is 0 Å². The van der Waals surface area contributed by atoms with E-state index in [-0.39, 0.29) is 71.1 Å². The maximum Gasteiger partial charge on any atom is 1.00 e. The molecule has 0 saturated heterocycles. The van der Waals surface area contributed by atoms with Crippen LogP contribution in [0.5, 0.6) is 0 Å². The third-order valence-electron chi connectivity index (χ3n) is 4.52. The molecule has 1 aromatic rings. The van der Waals surface area contributed by atoms with Crippen LogP contribution in [0.2, 0.25) is 0 Å². The molecular weight excluding hydrogens is 418 g/mol. The fourth-order valence-corrected chi connectivity index (χ4v) is 3.91. The number of benzene rings is 1. The molecule has 5 heteroatoms. The molecule has 0 aromatic heterocycles. The predicted molar refractivity (Wildman–Crippen MR) is 106 cm³/mol. The van der Waals surface area contributed by atoms with Gasteiger partial charge in [0, 0.05) is 0 Å². The van der Waals surface area contributed by atoms with Crippen LogP contribution >= 0.6 is 0 Å². The summed E-state index contributed by atoms with van der Waals surface area (Å²) in [6.45, 7) is 2.54. The van der Waals surface area contributed by atoms with Crippen LogP contribution in [-0.2, 0) is 14.3 Å². The molecule has 0 spiro atoms. The molecule has 0 heterocycles. The van der Waals surface area contributed by atoms with E-state index in [1.165, 1.54) is 70.6 Å². The number of unbranched alkanes of at least 4 members (excludes halogenated alkanes) is 12. The van der Waals surface area contributed by atoms with Crippen molar-refractivity contribution in [2.45, 2.75) is 95.3 Å². The van der Waals surface area contributed by atoms with E-state index >= 15 is 0 Å². The Hall–Kier alpha value is 0.935. The molecule has 0 saturated carbocycles. The van der Waals surface area contributed by atoms with Gasteiger partial charge in [-0.3, -0.25) is 4.18 Å². The van der Waals surface area contributed by atoms with Gasteiger partial charge in [0.05, 0.1) is 11.5 Å². The zero-order valence-corrected chi connectivity index (χ0v) is 22.7. The molecule has 0 aliphatic heterocycles. The molecular formula is C21H37O3RbS. The van der Waals surface area contributed by atoms with Gasteiger partial charge in [-0.25, -0.2) is 0 Å². The summed E-state index contributed by atoms with van der Waals surface area (Å²) in [5.41, 5.74) is 0.